The minimum atomic E-state index is -3.64. The second-order valence-corrected chi connectivity index (χ2v) is 10.1. The Balaban J connectivity index is 1.81. The van der Waals surface area contributed by atoms with Gasteiger partial charge in [-0.25, -0.2) is 8.42 Å². The number of aryl methyl sites for hydroxylation is 3. The number of amides is 1. The van der Waals surface area contributed by atoms with Crippen LogP contribution < -0.4 is 5.32 Å². The fourth-order valence-corrected chi connectivity index (χ4v) is 5.26. The van der Waals surface area contributed by atoms with Crippen LogP contribution in [0, 0.1) is 20.8 Å². The molecule has 1 heterocycles. The zero-order valence-electron chi connectivity index (χ0n) is 18.4. The number of likely N-dealkylation sites (N-methyl/N-ethyl adjacent to an activating group) is 1. The smallest absolute Gasteiger partial charge is 0.251 e. The molecule has 0 aliphatic carbocycles. The van der Waals surface area contributed by atoms with Crippen LogP contribution in [-0.4, -0.2) is 56.8 Å². The minimum Gasteiger partial charge on any atom is -0.346 e. The highest BCUT2D eigenvalue weighted by molar-refractivity contribution is 7.89. The molecule has 1 fully saturated rings. The molecular weight excluding hydrogens is 398 g/mol. The second-order valence-electron chi connectivity index (χ2n) is 8.23. The molecule has 0 saturated carbocycles. The summed E-state index contributed by atoms with van der Waals surface area (Å²) >= 11 is 0. The van der Waals surface area contributed by atoms with Gasteiger partial charge in [-0.1, -0.05) is 24.3 Å². The summed E-state index contributed by atoms with van der Waals surface area (Å²) in [5.41, 5.74) is 4.39. The highest BCUT2D eigenvalue weighted by Crippen LogP contribution is 2.23. The van der Waals surface area contributed by atoms with Crippen LogP contribution >= 0.6 is 0 Å². The fraction of sp³-hybridized carbons (Fsp3) is 0.435. The first-order chi connectivity index (χ1) is 14.1. The van der Waals surface area contributed by atoms with Crippen molar-refractivity contribution in [2.24, 2.45) is 0 Å². The van der Waals surface area contributed by atoms with E-state index >= 15 is 0 Å². The number of nitrogens with one attached hydrogen (secondary N) is 1. The average Bonchev–Trinajstić information content (AvgIpc) is 2.70. The first kappa shape index (κ1) is 22.5. The van der Waals surface area contributed by atoms with E-state index in [1.54, 1.807) is 19.1 Å². The first-order valence-electron chi connectivity index (χ1n) is 10.3. The van der Waals surface area contributed by atoms with Gasteiger partial charge in [-0.2, -0.15) is 4.31 Å². The van der Waals surface area contributed by atoms with E-state index in [1.165, 1.54) is 21.5 Å². The summed E-state index contributed by atoms with van der Waals surface area (Å²) in [6, 6.07) is 10.8. The van der Waals surface area contributed by atoms with Crippen molar-refractivity contribution in [2.75, 3.05) is 33.2 Å². The summed E-state index contributed by atoms with van der Waals surface area (Å²) in [7, 11) is -1.65. The second kappa shape index (κ2) is 8.88. The van der Waals surface area contributed by atoms with Gasteiger partial charge in [-0.05, 0) is 69.1 Å². The van der Waals surface area contributed by atoms with E-state index in [-0.39, 0.29) is 16.8 Å². The van der Waals surface area contributed by atoms with Crippen LogP contribution in [-0.2, 0) is 10.0 Å². The molecule has 0 radical (unpaired) electrons. The third-order valence-corrected chi connectivity index (χ3v) is 7.95. The van der Waals surface area contributed by atoms with Gasteiger partial charge in [-0.3, -0.25) is 4.79 Å². The molecule has 2 aromatic rings. The number of carbonyl (C=O) groups excluding carboxylic acids is 1. The van der Waals surface area contributed by atoms with Crippen LogP contribution in [0.4, 0.5) is 0 Å². The van der Waals surface area contributed by atoms with Crippen molar-refractivity contribution in [1.82, 2.24) is 14.5 Å². The summed E-state index contributed by atoms with van der Waals surface area (Å²) in [6.45, 7) is 10.1. The summed E-state index contributed by atoms with van der Waals surface area (Å²) in [5.74, 6) is -0.282. The number of piperazine rings is 1. The molecule has 1 aliphatic rings. The maximum Gasteiger partial charge on any atom is 0.251 e. The van der Waals surface area contributed by atoms with Gasteiger partial charge in [0.05, 0.1) is 10.9 Å². The Morgan fingerprint density at radius 1 is 0.933 bits per heavy atom. The summed E-state index contributed by atoms with van der Waals surface area (Å²) in [6.07, 6.45) is 0. The fourth-order valence-electron chi connectivity index (χ4n) is 3.58. The molecule has 0 unspecified atom stereocenters. The van der Waals surface area contributed by atoms with E-state index in [1.807, 2.05) is 33.0 Å². The molecule has 1 atom stereocenters. The molecule has 0 bridgehead atoms. The maximum atomic E-state index is 13.2. The monoisotopic (exact) mass is 429 g/mol. The number of sulfonamides is 1. The van der Waals surface area contributed by atoms with Crippen molar-refractivity contribution >= 4 is 15.9 Å². The molecule has 30 heavy (non-hydrogen) atoms. The van der Waals surface area contributed by atoms with Crippen LogP contribution in [0.25, 0.3) is 0 Å². The molecule has 0 spiro atoms. The van der Waals surface area contributed by atoms with Crippen LogP contribution in [0.5, 0.6) is 0 Å². The summed E-state index contributed by atoms with van der Waals surface area (Å²) in [4.78, 5) is 15.2. The van der Waals surface area contributed by atoms with E-state index in [0.717, 1.165) is 5.56 Å². The predicted octanol–water partition coefficient (Wildman–Crippen LogP) is 3.04. The molecule has 0 aromatic heterocycles. The van der Waals surface area contributed by atoms with E-state index in [4.69, 9.17) is 0 Å². The average molecular weight is 430 g/mol. The number of rotatable bonds is 5. The zero-order valence-corrected chi connectivity index (χ0v) is 19.2. The Kier molecular flexibility index (Phi) is 6.65. The number of hydrogen-bond acceptors (Lipinski definition) is 4. The van der Waals surface area contributed by atoms with Crippen LogP contribution in [0.2, 0.25) is 0 Å². The molecule has 162 valence electrons. The molecule has 1 aliphatic heterocycles. The van der Waals surface area contributed by atoms with Crippen molar-refractivity contribution in [1.29, 1.82) is 0 Å². The molecule has 3 rings (SSSR count). The predicted molar refractivity (Wildman–Crippen MR) is 119 cm³/mol. The van der Waals surface area contributed by atoms with Gasteiger partial charge in [-0.15, -0.1) is 0 Å². The lowest BCUT2D eigenvalue weighted by molar-refractivity contribution is 0.0939. The third-order valence-electron chi connectivity index (χ3n) is 5.91. The lowest BCUT2D eigenvalue weighted by atomic mass is 10.0. The topological polar surface area (TPSA) is 69.7 Å². The van der Waals surface area contributed by atoms with Crippen LogP contribution in [0.15, 0.2) is 41.3 Å². The molecule has 7 heteroatoms. The van der Waals surface area contributed by atoms with Gasteiger partial charge in [0.1, 0.15) is 0 Å². The Labute approximate surface area is 179 Å². The minimum absolute atomic E-state index is 0.184. The number of benzene rings is 2. The Bertz CT molecular complexity index is 1040. The number of carbonyl (C=O) groups is 1. The van der Waals surface area contributed by atoms with Crippen molar-refractivity contribution < 1.29 is 13.2 Å². The van der Waals surface area contributed by atoms with Gasteiger partial charge in [0.2, 0.25) is 10.0 Å². The number of hydrogen-bond donors (Lipinski definition) is 1. The largest absolute Gasteiger partial charge is 0.346 e. The van der Waals surface area contributed by atoms with Crippen molar-refractivity contribution in [2.45, 2.75) is 38.6 Å². The molecule has 1 amide bonds. The van der Waals surface area contributed by atoms with Crippen molar-refractivity contribution in [3.05, 3.63) is 64.2 Å². The molecular formula is C23H31N3O3S. The number of nitrogens with zero attached hydrogens (tertiary/aromatic N) is 2. The summed E-state index contributed by atoms with van der Waals surface area (Å²) < 4.78 is 27.9. The molecule has 1 N–H and O–H groups in total. The van der Waals surface area contributed by atoms with Crippen LogP contribution in [0.3, 0.4) is 0 Å². The van der Waals surface area contributed by atoms with Gasteiger partial charge in [0.25, 0.3) is 5.91 Å². The standard InChI is InChI=1S/C23H31N3O3S/c1-16-6-8-20(14-18(16)3)19(4)24-23(27)21-9-7-17(2)22(15-21)30(28,29)26-12-10-25(5)11-13-26/h6-9,14-15,19H,10-13H2,1-5H3,(H,24,27)/t19-/m0/s1. The lowest BCUT2D eigenvalue weighted by Gasteiger charge is -2.32. The van der Waals surface area contributed by atoms with Gasteiger partial charge in [0, 0.05) is 31.7 Å². The van der Waals surface area contributed by atoms with Gasteiger partial charge in [0.15, 0.2) is 0 Å². The Morgan fingerprint density at radius 3 is 2.20 bits per heavy atom. The Hall–Kier alpha value is -2.22. The maximum absolute atomic E-state index is 13.2. The Morgan fingerprint density at radius 2 is 1.57 bits per heavy atom. The van der Waals surface area contributed by atoms with Crippen molar-refractivity contribution in [3.8, 4) is 0 Å². The molecule has 1 saturated heterocycles. The van der Waals surface area contributed by atoms with E-state index in [9.17, 15) is 13.2 Å². The quantitative estimate of drug-likeness (QED) is 0.793. The molecule has 2 aromatic carbocycles. The lowest BCUT2D eigenvalue weighted by Crippen LogP contribution is -2.47. The van der Waals surface area contributed by atoms with Crippen LogP contribution in [0.1, 0.15) is 45.6 Å². The summed E-state index contributed by atoms with van der Waals surface area (Å²) in [5, 5.41) is 2.99. The highest BCUT2D eigenvalue weighted by Gasteiger charge is 2.29. The highest BCUT2D eigenvalue weighted by atomic mass is 32.2. The third kappa shape index (κ3) is 4.74. The zero-order chi connectivity index (χ0) is 22.1. The van der Waals surface area contributed by atoms with E-state index < -0.39 is 10.0 Å². The first-order valence-corrected chi connectivity index (χ1v) is 11.7. The molecule has 6 nitrogen and oxygen atoms in total. The van der Waals surface area contributed by atoms with Gasteiger partial charge >= 0.3 is 0 Å². The normalized spacial score (nSPS) is 17.0. The van der Waals surface area contributed by atoms with Crippen molar-refractivity contribution in [3.63, 3.8) is 0 Å². The van der Waals surface area contributed by atoms with E-state index in [2.05, 4.69) is 23.2 Å². The van der Waals surface area contributed by atoms with E-state index in [0.29, 0.717) is 37.3 Å². The SMILES string of the molecule is Cc1ccc([C@H](C)NC(=O)c2ccc(C)c(S(=O)(=O)N3CCN(C)CC3)c2)cc1C. The van der Waals surface area contributed by atoms with Gasteiger partial charge < -0.3 is 10.2 Å².